The van der Waals surface area contributed by atoms with Gasteiger partial charge in [0, 0.05) is 11.8 Å². The number of aliphatic hydroxyl groups is 1. The number of hydrogen-bond acceptors (Lipinski definition) is 6. The number of hydrogen-bond donors (Lipinski definition) is 3. The number of aromatic nitrogens is 1. The van der Waals surface area contributed by atoms with Gasteiger partial charge in [0.15, 0.2) is 0 Å². The van der Waals surface area contributed by atoms with Gasteiger partial charge in [-0.1, -0.05) is 24.3 Å². The van der Waals surface area contributed by atoms with Gasteiger partial charge in [-0.25, -0.2) is 0 Å². The van der Waals surface area contributed by atoms with Crippen LogP contribution in [0.3, 0.4) is 0 Å². The Balaban J connectivity index is 1.86. The van der Waals surface area contributed by atoms with Gasteiger partial charge in [0.05, 0.1) is 12.5 Å². The first-order valence-corrected chi connectivity index (χ1v) is 8.83. The van der Waals surface area contributed by atoms with Crippen molar-refractivity contribution in [3.63, 3.8) is 0 Å². The molecule has 9 heteroatoms. The van der Waals surface area contributed by atoms with E-state index in [2.05, 4.69) is 10.3 Å². The van der Waals surface area contributed by atoms with Crippen molar-refractivity contribution in [1.29, 1.82) is 0 Å². The van der Waals surface area contributed by atoms with E-state index in [1.165, 1.54) is 11.0 Å². The summed E-state index contributed by atoms with van der Waals surface area (Å²) >= 11 is 0. The second kappa shape index (κ2) is 6.96. The van der Waals surface area contributed by atoms with E-state index < -0.39 is 29.9 Å². The number of furan rings is 1. The Bertz CT molecular complexity index is 992. The zero-order valence-electron chi connectivity index (χ0n) is 15.4. The molecule has 1 aromatic carbocycles. The molecule has 3 heterocycles. The van der Waals surface area contributed by atoms with E-state index in [1.807, 2.05) is 12.1 Å². The van der Waals surface area contributed by atoms with Crippen molar-refractivity contribution in [2.24, 2.45) is 5.73 Å². The summed E-state index contributed by atoms with van der Waals surface area (Å²) in [4.78, 5) is 5.07. The van der Waals surface area contributed by atoms with Crippen LogP contribution in [-0.2, 0) is 11.7 Å². The molecule has 6 nitrogen and oxygen atoms in total. The smallest absolute Gasteiger partial charge is 0.433 e. The van der Waals surface area contributed by atoms with Gasteiger partial charge in [-0.15, -0.1) is 0 Å². The lowest BCUT2D eigenvalue weighted by molar-refractivity contribution is -0.141. The Morgan fingerprint density at radius 1 is 1.17 bits per heavy atom. The first-order chi connectivity index (χ1) is 13.7. The number of benzene rings is 1. The molecule has 0 spiro atoms. The molecule has 0 bridgehead atoms. The van der Waals surface area contributed by atoms with Crippen LogP contribution >= 0.6 is 0 Å². The summed E-state index contributed by atoms with van der Waals surface area (Å²) in [5.74, 6) is 0. The van der Waals surface area contributed by atoms with Crippen LogP contribution in [0, 0.1) is 0 Å². The molecule has 4 rings (SSSR count). The van der Waals surface area contributed by atoms with E-state index in [0.29, 0.717) is 11.1 Å². The summed E-state index contributed by atoms with van der Waals surface area (Å²) in [6.45, 7) is 0. The molecule has 3 aromatic rings. The zero-order chi connectivity index (χ0) is 20.8. The largest absolute Gasteiger partial charge is 0.472 e. The van der Waals surface area contributed by atoms with Crippen LogP contribution in [0.15, 0.2) is 65.6 Å². The maximum absolute atomic E-state index is 13.0. The highest BCUT2D eigenvalue weighted by Gasteiger charge is 2.51. The maximum atomic E-state index is 13.0. The van der Waals surface area contributed by atoms with Crippen molar-refractivity contribution >= 4 is 0 Å². The lowest BCUT2D eigenvalue weighted by atomic mass is 9.81. The molecule has 3 atom stereocenters. The van der Waals surface area contributed by atoms with Crippen LogP contribution in [-0.4, -0.2) is 34.6 Å². The monoisotopic (exact) mass is 404 g/mol. The molecule has 0 saturated carbocycles. The summed E-state index contributed by atoms with van der Waals surface area (Å²) in [6, 6.07) is 11.3. The molecule has 1 saturated heterocycles. The summed E-state index contributed by atoms with van der Waals surface area (Å²) in [6.07, 6.45) is -2.16. The Morgan fingerprint density at radius 2 is 1.97 bits per heavy atom. The predicted molar refractivity (Wildman–Crippen MR) is 99.0 cm³/mol. The molecule has 1 fully saturated rings. The normalized spacial score (nSPS) is 25.4. The van der Waals surface area contributed by atoms with E-state index in [1.54, 1.807) is 37.8 Å². The minimum absolute atomic E-state index is 0.363. The van der Waals surface area contributed by atoms with Crippen molar-refractivity contribution in [2.75, 3.05) is 7.05 Å². The second-order valence-corrected chi connectivity index (χ2v) is 6.96. The third-order valence-electron chi connectivity index (χ3n) is 5.27. The molecule has 0 radical (unpaired) electrons. The summed E-state index contributed by atoms with van der Waals surface area (Å²) in [5.41, 5.74) is 6.46. The molecule has 1 aliphatic heterocycles. The third-order valence-corrected chi connectivity index (χ3v) is 5.27. The first-order valence-electron chi connectivity index (χ1n) is 8.83. The van der Waals surface area contributed by atoms with Crippen molar-refractivity contribution in [2.45, 2.75) is 24.2 Å². The van der Waals surface area contributed by atoms with Gasteiger partial charge in [-0.3, -0.25) is 15.2 Å². The second-order valence-electron chi connectivity index (χ2n) is 6.96. The number of pyridine rings is 1. The third kappa shape index (κ3) is 3.22. The van der Waals surface area contributed by atoms with Crippen LogP contribution in [0.5, 0.6) is 0 Å². The lowest BCUT2D eigenvalue weighted by Gasteiger charge is -2.34. The summed E-state index contributed by atoms with van der Waals surface area (Å²) in [7, 11) is 1.63. The van der Waals surface area contributed by atoms with Crippen molar-refractivity contribution in [3.05, 3.63) is 78.0 Å². The van der Waals surface area contributed by atoms with E-state index >= 15 is 0 Å². The van der Waals surface area contributed by atoms with Crippen LogP contribution in [0.1, 0.15) is 16.8 Å². The molecule has 0 aliphatic carbocycles. The number of nitrogens with zero attached hydrogens (tertiary/aromatic N) is 2. The Labute approximate surface area is 164 Å². The SMILES string of the molecule is CN1C(N)NC(c2ccc(C(F)(F)F)nc2)(c2cccc(-c3ccoc3)c2)C1O. The van der Waals surface area contributed by atoms with Crippen LogP contribution in [0.2, 0.25) is 0 Å². The minimum Gasteiger partial charge on any atom is -0.472 e. The highest BCUT2D eigenvalue weighted by Crippen LogP contribution is 2.40. The number of nitrogens with one attached hydrogen (secondary N) is 1. The number of aliphatic hydroxyl groups excluding tert-OH is 1. The van der Waals surface area contributed by atoms with Crippen molar-refractivity contribution in [3.8, 4) is 11.1 Å². The van der Waals surface area contributed by atoms with E-state index in [4.69, 9.17) is 10.2 Å². The average Bonchev–Trinajstić information content (AvgIpc) is 3.32. The van der Waals surface area contributed by atoms with Crippen LogP contribution in [0.25, 0.3) is 11.1 Å². The van der Waals surface area contributed by atoms with E-state index in [9.17, 15) is 18.3 Å². The Morgan fingerprint density at radius 3 is 2.52 bits per heavy atom. The van der Waals surface area contributed by atoms with Gasteiger partial charge in [-0.2, -0.15) is 13.2 Å². The molecule has 3 unspecified atom stereocenters. The number of nitrogens with two attached hydrogens (primary N) is 1. The minimum atomic E-state index is -4.55. The van der Waals surface area contributed by atoms with Gasteiger partial charge in [0.2, 0.25) is 0 Å². The summed E-state index contributed by atoms with van der Waals surface area (Å²) in [5, 5.41) is 14.2. The first kappa shape index (κ1) is 19.6. The van der Waals surface area contributed by atoms with Crippen molar-refractivity contribution in [1.82, 2.24) is 15.2 Å². The Hall–Kier alpha value is -2.72. The molecule has 152 valence electrons. The van der Waals surface area contributed by atoms with Gasteiger partial charge in [0.1, 0.15) is 23.8 Å². The highest BCUT2D eigenvalue weighted by atomic mass is 19.4. The fraction of sp³-hybridized carbons (Fsp3) is 0.250. The fourth-order valence-corrected chi connectivity index (χ4v) is 3.67. The highest BCUT2D eigenvalue weighted by molar-refractivity contribution is 5.64. The van der Waals surface area contributed by atoms with Gasteiger partial charge in [0.25, 0.3) is 0 Å². The zero-order valence-corrected chi connectivity index (χ0v) is 15.4. The standard InChI is InChI=1S/C20H19F3N4O2/c1-27-17(28)19(26-18(27)24,15-5-6-16(25-10-15)20(21,22)23)14-4-2-3-12(9-14)13-7-8-29-11-13/h2-11,17-18,26,28H,24H2,1H3. The quantitative estimate of drug-likeness (QED) is 0.622. The topological polar surface area (TPSA) is 87.5 Å². The number of alkyl halides is 3. The molecular formula is C20H19F3N4O2. The summed E-state index contributed by atoms with van der Waals surface area (Å²) < 4.78 is 44.0. The molecule has 0 amide bonds. The lowest BCUT2D eigenvalue weighted by Crippen LogP contribution is -2.49. The number of halogens is 3. The molecule has 29 heavy (non-hydrogen) atoms. The van der Waals surface area contributed by atoms with Crippen molar-refractivity contribution < 1.29 is 22.7 Å². The van der Waals surface area contributed by atoms with E-state index in [0.717, 1.165) is 23.4 Å². The molecule has 4 N–H and O–H groups in total. The Kier molecular flexibility index (Phi) is 4.70. The van der Waals surface area contributed by atoms with Gasteiger partial charge in [-0.05, 0) is 41.9 Å². The fourth-order valence-electron chi connectivity index (χ4n) is 3.67. The molecule has 2 aromatic heterocycles. The van der Waals surface area contributed by atoms with Crippen LogP contribution in [0.4, 0.5) is 13.2 Å². The van der Waals surface area contributed by atoms with Gasteiger partial charge < -0.3 is 15.3 Å². The van der Waals surface area contributed by atoms with Gasteiger partial charge >= 0.3 is 6.18 Å². The predicted octanol–water partition coefficient (Wildman–Crippen LogP) is 2.70. The van der Waals surface area contributed by atoms with E-state index in [-0.39, 0.29) is 0 Å². The van der Waals surface area contributed by atoms with Crippen LogP contribution < -0.4 is 11.1 Å². The maximum Gasteiger partial charge on any atom is 0.433 e. The average molecular weight is 404 g/mol. The molecular weight excluding hydrogens is 385 g/mol. The number of rotatable bonds is 3. The number of likely N-dealkylation sites (N-methyl/N-ethyl adjacent to an activating group) is 1. The molecule has 1 aliphatic rings.